The van der Waals surface area contributed by atoms with Gasteiger partial charge in [0.25, 0.3) is 0 Å². The quantitative estimate of drug-likeness (QED) is 0.391. The van der Waals surface area contributed by atoms with Crippen molar-refractivity contribution >= 4 is 35.1 Å². The number of carbonyl (C=O) groups excluding carboxylic acids is 2. The first-order chi connectivity index (χ1) is 20.7. The molecular weight excluding hydrogens is 574 g/mol. The zero-order valence-corrected chi connectivity index (χ0v) is 24.7. The number of nitrogens with one attached hydrogen (secondary N) is 1. The number of halogens is 2. The van der Waals surface area contributed by atoms with Crippen LogP contribution in [-0.2, 0) is 25.5 Å². The Bertz CT molecular complexity index is 1410. The number of carbonyl (C=O) groups is 3. The predicted molar refractivity (Wildman–Crippen MR) is 158 cm³/mol. The summed E-state index contributed by atoms with van der Waals surface area (Å²) in [6, 6.07) is 10.7. The maximum absolute atomic E-state index is 14.2. The number of carboxylic acids is 1. The van der Waals surface area contributed by atoms with Crippen molar-refractivity contribution in [2.75, 3.05) is 11.9 Å². The molecule has 43 heavy (non-hydrogen) atoms. The molecule has 1 aliphatic carbocycles. The van der Waals surface area contributed by atoms with Gasteiger partial charge >= 0.3 is 5.97 Å². The minimum Gasteiger partial charge on any atom is -0.481 e. The Balaban J connectivity index is 1.26. The summed E-state index contributed by atoms with van der Waals surface area (Å²) < 4.78 is 34.1. The standard InChI is InChI=1S/C33H36F2N2O5S/c34-24-13-12-20(15-25(24)35)14-21-8-4-2-1-3-5-9-22-17-33(22,31(40)41)18-28(38)27-16-23(19-37(27)30(21)39)42-32-36-26-10-6-7-11-29(26)43-32/h5-7,9-13,15,21-23,27,32,36H,1-4,8,14,16-19H2,(H,40,41)/b9-5-/t21-,22-,23-,27+,32?,33-/m1/s1. The molecule has 10 heteroatoms. The number of ether oxygens (including phenoxy) is 1. The number of anilines is 1. The van der Waals surface area contributed by atoms with Crippen LogP contribution < -0.4 is 5.32 Å². The Labute approximate surface area is 254 Å². The van der Waals surface area contributed by atoms with Crippen molar-refractivity contribution in [3.8, 4) is 0 Å². The molecule has 3 heterocycles. The Kier molecular flexibility index (Phi) is 8.60. The van der Waals surface area contributed by atoms with Crippen molar-refractivity contribution in [1.82, 2.24) is 4.90 Å². The summed E-state index contributed by atoms with van der Waals surface area (Å²) in [5, 5.41) is 13.4. The van der Waals surface area contributed by atoms with Crippen LogP contribution >= 0.6 is 11.8 Å². The number of para-hydroxylation sites is 1. The molecule has 1 amide bonds. The number of fused-ring (bicyclic) bond motifs is 3. The van der Waals surface area contributed by atoms with Crippen LogP contribution in [0, 0.1) is 28.9 Å². The summed E-state index contributed by atoms with van der Waals surface area (Å²) in [5.41, 5.74) is -0.0487. The Hall–Kier alpha value is -3.24. The van der Waals surface area contributed by atoms with E-state index in [9.17, 15) is 28.3 Å². The fourth-order valence-corrected chi connectivity index (χ4v) is 7.81. The number of ketones is 1. The maximum atomic E-state index is 14.2. The number of rotatable bonds is 5. The van der Waals surface area contributed by atoms with Crippen molar-refractivity contribution in [2.24, 2.45) is 17.3 Å². The van der Waals surface area contributed by atoms with Gasteiger partial charge in [-0.3, -0.25) is 14.4 Å². The molecule has 228 valence electrons. The molecule has 4 aliphatic rings. The fraction of sp³-hybridized carbons (Fsp3) is 0.485. The van der Waals surface area contributed by atoms with Crippen LogP contribution in [0.1, 0.15) is 56.9 Å². The van der Waals surface area contributed by atoms with E-state index >= 15 is 0 Å². The SMILES string of the molecule is O=C1C[C@]2(C(=O)O)C[C@H]2/C=C\CCCCC[C@H](Cc2ccc(F)c(F)c2)C(=O)N2C[C@H](OC3Nc4ccccc4S3)C[C@@H]12. The van der Waals surface area contributed by atoms with Crippen molar-refractivity contribution in [1.29, 1.82) is 0 Å². The number of allylic oxidation sites excluding steroid dienone is 2. The molecule has 0 bridgehead atoms. The van der Waals surface area contributed by atoms with Crippen LogP contribution in [0.15, 0.2) is 59.5 Å². The van der Waals surface area contributed by atoms with Gasteiger partial charge in [-0.1, -0.05) is 55.0 Å². The molecule has 0 spiro atoms. The van der Waals surface area contributed by atoms with Gasteiger partial charge in [0.2, 0.25) is 5.91 Å². The third kappa shape index (κ3) is 6.36. The van der Waals surface area contributed by atoms with Gasteiger partial charge in [0.05, 0.1) is 23.2 Å². The lowest BCUT2D eigenvalue weighted by Gasteiger charge is -2.29. The number of aliphatic carboxylic acids is 1. The first kappa shape index (κ1) is 29.8. The van der Waals surface area contributed by atoms with Crippen molar-refractivity contribution < 1.29 is 33.0 Å². The molecule has 3 aliphatic heterocycles. The topological polar surface area (TPSA) is 95.9 Å². The lowest BCUT2D eigenvalue weighted by atomic mass is 9.90. The average Bonchev–Trinajstić information content (AvgIpc) is 3.30. The van der Waals surface area contributed by atoms with E-state index in [1.807, 2.05) is 36.4 Å². The fourth-order valence-electron chi connectivity index (χ4n) is 6.77. The molecule has 0 radical (unpaired) electrons. The summed E-state index contributed by atoms with van der Waals surface area (Å²) in [6.45, 7) is 0.196. The summed E-state index contributed by atoms with van der Waals surface area (Å²) in [5.74, 6) is -4.12. The highest BCUT2D eigenvalue weighted by Gasteiger charge is 2.61. The third-order valence-electron chi connectivity index (χ3n) is 9.28. The van der Waals surface area contributed by atoms with Crippen LogP contribution in [0.2, 0.25) is 0 Å². The molecule has 2 aromatic carbocycles. The largest absolute Gasteiger partial charge is 0.481 e. The summed E-state index contributed by atoms with van der Waals surface area (Å²) in [4.78, 5) is 43.1. The normalized spacial score (nSPS) is 31.7. The molecule has 6 rings (SSSR count). The number of hydrogen-bond acceptors (Lipinski definition) is 6. The smallest absolute Gasteiger partial charge is 0.310 e. The highest BCUT2D eigenvalue weighted by Crippen LogP contribution is 2.57. The third-order valence-corrected chi connectivity index (χ3v) is 10.3. The minimum absolute atomic E-state index is 0.145. The van der Waals surface area contributed by atoms with Gasteiger partial charge in [0, 0.05) is 30.2 Å². The number of thioether (sulfide) groups is 1. The second-order valence-corrected chi connectivity index (χ2v) is 13.3. The summed E-state index contributed by atoms with van der Waals surface area (Å²) >= 11 is 1.53. The highest BCUT2D eigenvalue weighted by molar-refractivity contribution is 8.00. The molecular formula is C33H36F2N2O5S. The summed E-state index contributed by atoms with van der Waals surface area (Å²) in [7, 11) is 0. The maximum Gasteiger partial charge on any atom is 0.310 e. The Morgan fingerprint density at radius 1 is 1.12 bits per heavy atom. The van der Waals surface area contributed by atoms with Gasteiger partial charge in [0.15, 0.2) is 23.0 Å². The molecule has 2 aromatic rings. The average molecular weight is 611 g/mol. The lowest BCUT2D eigenvalue weighted by Crippen LogP contribution is -2.45. The Morgan fingerprint density at radius 3 is 2.74 bits per heavy atom. The first-order valence-electron chi connectivity index (χ1n) is 15.1. The monoisotopic (exact) mass is 610 g/mol. The Morgan fingerprint density at radius 2 is 1.95 bits per heavy atom. The second-order valence-electron chi connectivity index (χ2n) is 12.2. The van der Waals surface area contributed by atoms with Crippen molar-refractivity contribution in [3.63, 3.8) is 0 Å². The molecule has 1 saturated carbocycles. The number of benzene rings is 2. The number of amides is 1. The van der Waals surface area contributed by atoms with Crippen LogP contribution in [0.4, 0.5) is 14.5 Å². The van der Waals surface area contributed by atoms with Gasteiger partial charge in [-0.25, -0.2) is 8.78 Å². The van der Waals surface area contributed by atoms with Crippen LogP contribution in [0.5, 0.6) is 0 Å². The molecule has 0 aromatic heterocycles. The van der Waals surface area contributed by atoms with E-state index in [-0.39, 0.29) is 49.0 Å². The van der Waals surface area contributed by atoms with Crippen LogP contribution in [0.3, 0.4) is 0 Å². The van der Waals surface area contributed by atoms with Gasteiger partial charge in [-0.2, -0.15) is 0 Å². The van der Waals surface area contributed by atoms with E-state index in [2.05, 4.69) is 5.32 Å². The minimum atomic E-state index is -1.14. The van der Waals surface area contributed by atoms with Crippen molar-refractivity contribution in [2.45, 2.75) is 80.4 Å². The zero-order valence-electron chi connectivity index (χ0n) is 23.8. The highest BCUT2D eigenvalue weighted by atomic mass is 32.2. The number of hydrogen-bond donors (Lipinski definition) is 2. The van der Waals surface area contributed by atoms with E-state index in [0.717, 1.165) is 48.4 Å². The number of carboxylic acid groups (broad SMARTS) is 1. The number of nitrogens with zero attached hydrogens (tertiary/aromatic N) is 1. The molecule has 1 saturated heterocycles. The predicted octanol–water partition coefficient (Wildman–Crippen LogP) is 6.18. The van der Waals surface area contributed by atoms with E-state index in [1.54, 1.807) is 4.90 Å². The van der Waals surface area contributed by atoms with Gasteiger partial charge in [-0.05, 0) is 67.9 Å². The van der Waals surface area contributed by atoms with Crippen LogP contribution in [0.25, 0.3) is 0 Å². The number of Topliss-reactive ketones (excluding diaryl/α,β-unsaturated/α-hetero) is 1. The molecule has 2 fully saturated rings. The molecule has 7 nitrogen and oxygen atoms in total. The second kappa shape index (κ2) is 12.4. The first-order valence-corrected chi connectivity index (χ1v) is 16.0. The zero-order chi connectivity index (χ0) is 30.1. The van der Waals surface area contributed by atoms with E-state index in [1.165, 1.54) is 17.8 Å². The summed E-state index contributed by atoms with van der Waals surface area (Å²) in [6.07, 6.45) is 8.15. The van der Waals surface area contributed by atoms with Gasteiger partial charge in [-0.15, -0.1) is 0 Å². The van der Waals surface area contributed by atoms with Gasteiger partial charge in [0.1, 0.15) is 0 Å². The van der Waals surface area contributed by atoms with Crippen LogP contribution in [-0.4, -0.2) is 51.9 Å². The van der Waals surface area contributed by atoms with E-state index < -0.39 is 41.1 Å². The van der Waals surface area contributed by atoms with E-state index in [4.69, 9.17) is 4.74 Å². The molecule has 2 N–H and O–H groups in total. The molecule has 6 atom stereocenters. The van der Waals surface area contributed by atoms with Crippen molar-refractivity contribution in [3.05, 3.63) is 71.8 Å². The lowest BCUT2D eigenvalue weighted by molar-refractivity contribution is -0.147. The van der Waals surface area contributed by atoms with E-state index in [0.29, 0.717) is 18.4 Å². The van der Waals surface area contributed by atoms with Gasteiger partial charge < -0.3 is 20.1 Å². The molecule has 1 unspecified atom stereocenters.